The summed E-state index contributed by atoms with van der Waals surface area (Å²) < 4.78 is 11.5. The number of furan rings is 1. The van der Waals surface area contributed by atoms with E-state index in [-0.39, 0.29) is 24.0 Å². The topological polar surface area (TPSA) is 71.8 Å². The van der Waals surface area contributed by atoms with Crippen molar-refractivity contribution in [2.45, 2.75) is 24.8 Å². The number of hydrogen-bond acceptors (Lipinski definition) is 5. The Kier molecular flexibility index (Phi) is 6.16. The Bertz CT molecular complexity index is 1820. The molecule has 5 aromatic rings. The minimum absolute atomic E-state index is 0.0282. The number of ether oxygens (including phenoxy) is 1. The molecule has 1 N–H and O–H groups in total. The van der Waals surface area contributed by atoms with Gasteiger partial charge in [-0.15, -0.1) is 0 Å². The van der Waals surface area contributed by atoms with Crippen LogP contribution in [0.25, 0.3) is 10.8 Å². The van der Waals surface area contributed by atoms with Gasteiger partial charge in [0.25, 0.3) is 5.91 Å². The van der Waals surface area contributed by atoms with Gasteiger partial charge in [-0.1, -0.05) is 66.7 Å². The Morgan fingerprint density at radius 2 is 1.66 bits per heavy atom. The number of hydrogen-bond donors (Lipinski definition) is 1. The van der Waals surface area contributed by atoms with E-state index in [0.29, 0.717) is 29.0 Å². The Morgan fingerprint density at radius 1 is 0.878 bits per heavy atom. The second kappa shape index (κ2) is 10.1. The second-order valence-corrected chi connectivity index (χ2v) is 10.4. The van der Waals surface area contributed by atoms with Crippen molar-refractivity contribution in [3.05, 3.63) is 138 Å². The van der Waals surface area contributed by atoms with E-state index in [9.17, 15) is 9.59 Å². The van der Waals surface area contributed by atoms with Crippen LogP contribution in [0.1, 0.15) is 46.5 Å². The summed E-state index contributed by atoms with van der Waals surface area (Å²) >= 11 is 0. The molecule has 0 unspecified atom stereocenters. The average Bonchev–Trinajstić information content (AvgIpc) is 3.51. The van der Waals surface area contributed by atoms with Gasteiger partial charge in [0, 0.05) is 34.7 Å². The summed E-state index contributed by atoms with van der Waals surface area (Å²) in [6, 6.07) is 32.1. The predicted molar refractivity (Wildman–Crippen MR) is 159 cm³/mol. The molecule has 1 aliphatic heterocycles. The van der Waals surface area contributed by atoms with E-state index in [1.165, 1.54) is 0 Å². The second-order valence-electron chi connectivity index (χ2n) is 10.4. The monoisotopic (exact) mass is 540 g/mol. The number of anilines is 2. The van der Waals surface area contributed by atoms with Crippen molar-refractivity contribution in [3.8, 4) is 5.75 Å². The van der Waals surface area contributed by atoms with E-state index in [1.807, 2.05) is 103 Å². The van der Waals surface area contributed by atoms with Gasteiger partial charge in [-0.25, -0.2) is 0 Å². The highest BCUT2D eigenvalue weighted by atomic mass is 16.5. The highest BCUT2D eigenvalue weighted by molar-refractivity contribution is 6.17. The molecule has 2 atom stereocenters. The van der Waals surface area contributed by atoms with Gasteiger partial charge < -0.3 is 14.5 Å². The van der Waals surface area contributed by atoms with E-state index >= 15 is 0 Å². The van der Waals surface area contributed by atoms with Crippen LogP contribution in [0.4, 0.5) is 11.4 Å². The molecule has 0 radical (unpaired) electrons. The molecule has 1 amide bonds. The number of carbonyl (C=O) groups excluding carboxylic acids is 2. The summed E-state index contributed by atoms with van der Waals surface area (Å²) in [7, 11) is 1.61. The van der Waals surface area contributed by atoms with Crippen LogP contribution in [-0.4, -0.2) is 18.8 Å². The molecule has 0 saturated heterocycles. The molecule has 202 valence electrons. The molecule has 1 aliphatic carbocycles. The third-order valence-electron chi connectivity index (χ3n) is 8.11. The van der Waals surface area contributed by atoms with Crippen LogP contribution < -0.4 is 15.0 Å². The molecule has 41 heavy (non-hydrogen) atoms. The Balaban J connectivity index is 1.49. The lowest BCUT2D eigenvalue weighted by Gasteiger charge is -2.35. The largest absolute Gasteiger partial charge is 0.496 e. The summed E-state index contributed by atoms with van der Waals surface area (Å²) in [6.07, 6.45) is 2.50. The molecule has 0 spiro atoms. The number of allylic oxidation sites excluding steroid dienone is 1. The molecule has 0 bridgehead atoms. The molecule has 7 rings (SSSR count). The lowest BCUT2D eigenvalue weighted by Crippen LogP contribution is -2.38. The normalized spacial score (nSPS) is 18.4. The molecule has 1 aromatic heterocycles. The van der Waals surface area contributed by atoms with Gasteiger partial charge in [0.15, 0.2) is 5.78 Å². The molecular weight excluding hydrogens is 512 g/mol. The molecule has 2 heterocycles. The van der Waals surface area contributed by atoms with Gasteiger partial charge >= 0.3 is 0 Å². The third-order valence-corrected chi connectivity index (χ3v) is 8.11. The summed E-state index contributed by atoms with van der Waals surface area (Å²) in [5, 5.41) is 5.41. The number of para-hydroxylation sites is 3. The van der Waals surface area contributed by atoms with Crippen molar-refractivity contribution in [3.63, 3.8) is 0 Å². The van der Waals surface area contributed by atoms with Crippen molar-refractivity contribution in [2.24, 2.45) is 0 Å². The summed E-state index contributed by atoms with van der Waals surface area (Å²) in [5.74, 6) is 1.07. The van der Waals surface area contributed by atoms with Gasteiger partial charge in [-0.2, -0.15) is 0 Å². The number of Topliss-reactive ketones (excluding diaryl/α,β-unsaturated/α-hetero) is 1. The van der Waals surface area contributed by atoms with Crippen molar-refractivity contribution in [1.82, 2.24) is 0 Å². The van der Waals surface area contributed by atoms with Crippen molar-refractivity contribution >= 4 is 33.8 Å². The maximum absolute atomic E-state index is 14.9. The van der Waals surface area contributed by atoms with Crippen LogP contribution in [0.2, 0.25) is 0 Å². The number of fused-ring (bicyclic) bond motifs is 2. The fraction of sp³-hybridized carbons (Fsp3) is 0.143. The van der Waals surface area contributed by atoms with Crippen molar-refractivity contribution in [1.29, 1.82) is 0 Å². The van der Waals surface area contributed by atoms with Gasteiger partial charge in [0.05, 0.1) is 30.8 Å². The number of methoxy groups -OCH3 is 1. The zero-order valence-electron chi connectivity index (χ0n) is 22.5. The minimum atomic E-state index is -0.714. The lowest BCUT2D eigenvalue weighted by molar-refractivity contribution is -0.116. The maximum atomic E-state index is 14.9. The first kappa shape index (κ1) is 24.9. The van der Waals surface area contributed by atoms with Crippen LogP contribution in [0.15, 0.2) is 125 Å². The van der Waals surface area contributed by atoms with Gasteiger partial charge in [-0.3, -0.25) is 14.5 Å². The van der Waals surface area contributed by atoms with Gasteiger partial charge in [0.1, 0.15) is 11.5 Å². The van der Waals surface area contributed by atoms with Gasteiger partial charge in [0.2, 0.25) is 0 Å². The Hall–Kier alpha value is -5.10. The molecule has 0 fully saturated rings. The van der Waals surface area contributed by atoms with Gasteiger partial charge in [-0.05, 0) is 53.6 Å². The van der Waals surface area contributed by atoms with Crippen LogP contribution in [-0.2, 0) is 4.79 Å². The van der Waals surface area contributed by atoms with E-state index in [0.717, 1.165) is 33.5 Å². The number of carbonyl (C=O) groups is 2. The van der Waals surface area contributed by atoms with Crippen LogP contribution >= 0.6 is 0 Å². The number of nitrogens with one attached hydrogen (secondary N) is 1. The molecule has 6 nitrogen and oxygen atoms in total. The quantitative estimate of drug-likeness (QED) is 0.253. The highest BCUT2D eigenvalue weighted by Gasteiger charge is 2.43. The predicted octanol–water partition coefficient (Wildman–Crippen LogP) is 7.66. The van der Waals surface area contributed by atoms with Crippen molar-refractivity contribution in [2.75, 3.05) is 17.3 Å². The zero-order chi connectivity index (χ0) is 27.9. The van der Waals surface area contributed by atoms with E-state index in [1.54, 1.807) is 18.3 Å². The fourth-order valence-electron chi connectivity index (χ4n) is 6.27. The number of amides is 1. The van der Waals surface area contributed by atoms with E-state index in [4.69, 9.17) is 9.15 Å². The third kappa shape index (κ3) is 4.19. The number of ketones is 1. The lowest BCUT2D eigenvalue weighted by atomic mass is 9.79. The molecule has 2 aliphatic rings. The molecular formula is C35H28N2O4. The highest BCUT2D eigenvalue weighted by Crippen LogP contribution is 2.49. The maximum Gasteiger partial charge on any atom is 0.259 e. The fourth-order valence-corrected chi connectivity index (χ4v) is 6.27. The standard InChI is InChI=1S/C35H28N2O4/c1-40-32-17-7-4-13-26(32)34-33-28(20-23(21-30(33)38)31-18-9-19-41-31)36-27-15-5-6-16-29(27)37(34)35(39)25-14-8-11-22-10-2-3-12-24(22)25/h2-19,23,34,36H,20-21H2,1H3/t23-,34-/m0/s1. The van der Waals surface area contributed by atoms with Crippen LogP contribution in [0.5, 0.6) is 5.75 Å². The van der Waals surface area contributed by atoms with Crippen molar-refractivity contribution < 1.29 is 18.7 Å². The zero-order valence-corrected chi connectivity index (χ0v) is 22.5. The van der Waals surface area contributed by atoms with E-state index in [2.05, 4.69) is 5.32 Å². The Morgan fingerprint density at radius 3 is 2.51 bits per heavy atom. The molecule has 4 aromatic carbocycles. The number of benzene rings is 4. The van der Waals surface area contributed by atoms with Crippen LogP contribution in [0, 0.1) is 0 Å². The summed E-state index contributed by atoms with van der Waals surface area (Å²) in [4.78, 5) is 30.8. The summed E-state index contributed by atoms with van der Waals surface area (Å²) in [5.41, 5.74) is 4.14. The SMILES string of the molecule is COc1ccccc1[C@H]1C2=C(C[C@H](c3ccco3)CC2=O)Nc2ccccc2N1C(=O)c1cccc2ccccc12. The smallest absolute Gasteiger partial charge is 0.259 e. The molecule has 0 saturated carbocycles. The molecule has 6 heteroatoms. The first-order chi connectivity index (χ1) is 20.1. The number of nitrogens with zero attached hydrogens (tertiary/aromatic N) is 1. The van der Waals surface area contributed by atoms with Crippen LogP contribution in [0.3, 0.4) is 0 Å². The summed E-state index contributed by atoms with van der Waals surface area (Å²) in [6.45, 7) is 0. The first-order valence-electron chi connectivity index (χ1n) is 13.7. The average molecular weight is 541 g/mol. The van der Waals surface area contributed by atoms with E-state index < -0.39 is 6.04 Å². The minimum Gasteiger partial charge on any atom is -0.496 e. The number of rotatable bonds is 4. The first-order valence-corrected chi connectivity index (χ1v) is 13.7. The Labute approximate surface area is 237 Å².